The van der Waals surface area contributed by atoms with Gasteiger partial charge in [0.2, 0.25) is 21.8 Å². The second-order valence-corrected chi connectivity index (χ2v) is 10.1. The topological polar surface area (TPSA) is 86.8 Å². The van der Waals surface area contributed by atoms with Crippen molar-refractivity contribution in [3.05, 3.63) is 64.7 Å². The summed E-state index contributed by atoms with van der Waals surface area (Å²) < 4.78 is 52.3. The van der Waals surface area contributed by atoms with Gasteiger partial charge < -0.3 is 10.2 Å². The Kier molecular flexibility index (Phi) is 9.81. The average Bonchev–Trinajstić information content (AvgIpc) is 2.78. The zero-order chi connectivity index (χ0) is 25.5. The number of benzene rings is 2. The predicted molar refractivity (Wildman–Crippen MR) is 128 cm³/mol. The van der Waals surface area contributed by atoms with Crippen LogP contribution in [0.3, 0.4) is 0 Å². The SMILES string of the molecule is CC[C@@H](C(=O)NC)N(Cc1ccc(Cl)cc1)C(=O)CCCN(c1ccc(F)c(F)c1)S(C)(=O)=O. The Labute approximate surface area is 203 Å². The van der Waals surface area contributed by atoms with E-state index in [1.54, 1.807) is 31.2 Å². The van der Waals surface area contributed by atoms with Crippen molar-refractivity contribution in [2.45, 2.75) is 38.8 Å². The maximum Gasteiger partial charge on any atom is 0.242 e. The van der Waals surface area contributed by atoms with Crippen molar-refractivity contribution in [3.63, 3.8) is 0 Å². The van der Waals surface area contributed by atoms with Crippen LogP contribution >= 0.6 is 11.6 Å². The van der Waals surface area contributed by atoms with Crippen molar-refractivity contribution in [1.82, 2.24) is 10.2 Å². The van der Waals surface area contributed by atoms with Gasteiger partial charge in [0.1, 0.15) is 6.04 Å². The molecule has 0 aliphatic rings. The summed E-state index contributed by atoms with van der Waals surface area (Å²) >= 11 is 5.93. The number of amides is 2. The number of nitrogens with zero attached hydrogens (tertiary/aromatic N) is 2. The summed E-state index contributed by atoms with van der Waals surface area (Å²) in [6, 6.07) is 8.97. The lowest BCUT2D eigenvalue weighted by molar-refractivity contribution is -0.141. The van der Waals surface area contributed by atoms with Crippen LogP contribution < -0.4 is 9.62 Å². The monoisotopic (exact) mass is 515 g/mol. The molecule has 1 N–H and O–H groups in total. The van der Waals surface area contributed by atoms with Gasteiger partial charge in [-0.1, -0.05) is 30.7 Å². The third kappa shape index (κ3) is 7.39. The molecule has 0 aliphatic carbocycles. The molecule has 0 saturated heterocycles. The summed E-state index contributed by atoms with van der Waals surface area (Å²) in [6.07, 6.45) is 1.37. The molecule has 2 rings (SSSR count). The van der Waals surface area contributed by atoms with Gasteiger partial charge in [-0.25, -0.2) is 17.2 Å². The highest BCUT2D eigenvalue weighted by Crippen LogP contribution is 2.22. The number of hydrogen-bond acceptors (Lipinski definition) is 4. The molecule has 0 radical (unpaired) electrons. The van der Waals surface area contributed by atoms with Gasteiger partial charge >= 0.3 is 0 Å². The van der Waals surface area contributed by atoms with Gasteiger partial charge in [-0.15, -0.1) is 0 Å². The van der Waals surface area contributed by atoms with E-state index in [1.807, 2.05) is 0 Å². The molecule has 34 heavy (non-hydrogen) atoms. The van der Waals surface area contributed by atoms with Crippen LogP contribution in [0.4, 0.5) is 14.5 Å². The number of anilines is 1. The summed E-state index contributed by atoms with van der Waals surface area (Å²) in [5, 5.41) is 3.10. The number of carbonyl (C=O) groups excluding carboxylic acids is 2. The zero-order valence-electron chi connectivity index (χ0n) is 19.2. The highest BCUT2D eigenvalue weighted by molar-refractivity contribution is 7.92. The molecule has 0 aromatic heterocycles. The molecule has 0 aliphatic heterocycles. The van der Waals surface area contributed by atoms with Gasteiger partial charge in [-0.2, -0.15) is 0 Å². The van der Waals surface area contributed by atoms with E-state index < -0.39 is 27.7 Å². The number of rotatable bonds is 11. The molecule has 11 heteroatoms. The molecule has 0 saturated carbocycles. The molecule has 2 aromatic rings. The lowest BCUT2D eigenvalue weighted by atomic mass is 10.1. The summed E-state index contributed by atoms with van der Waals surface area (Å²) in [6.45, 7) is 1.83. The molecule has 1 atom stereocenters. The van der Waals surface area contributed by atoms with Crippen LogP contribution in [0.2, 0.25) is 5.02 Å². The Morgan fingerprint density at radius 2 is 1.74 bits per heavy atom. The fourth-order valence-electron chi connectivity index (χ4n) is 3.52. The number of nitrogens with one attached hydrogen (secondary N) is 1. The van der Waals surface area contributed by atoms with Crippen LogP contribution in [0, 0.1) is 11.6 Å². The molecule has 7 nitrogen and oxygen atoms in total. The van der Waals surface area contributed by atoms with E-state index in [-0.39, 0.29) is 43.4 Å². The van der Waals surface area contributed by atoms with E-state index in [0.29, 0.717) is 11.4 Å². The second kappa shape index (κ2) is 12.1. The number of carbonyl (C=O) groups is 2. The van der Waals surface area contributed by atoms with Crippen molar-refractivity contribution in [2.75, 3.05) is 24.2 Å². The van der Waals surface area contributed by atoms with Crippen molar-refractivity contribution in [3.8, 4) is 0 Å². The average molecular weight is 516 g/mol. The van der Waals surface area contributed by atoms with Gasteiger partial charge in [0, 0.05) is 37.6 Å². The lowest BCUT2D eigenvalue weighted by Crippen LogP contribution is -2.48. The molecule has 2 aromatic carbocycles. The molecule has 0 bridgehead atoms. The number of sulfonamides is 1. The van der Waals surface area contributed by atoms with Crippen LogP contribution in [0.25, 0.3) is 0 Å². The van der Waals surface area contributed by atoms with Crippen molar-refractivity contribution in [2.24, 2.45) is 0 Å². The minimum absolute atomic E-state index is 0.0383. The standard InChI is InChI=1S/C23H28ClF2N3O4S/c1-4-21(23(31)27-2)28(15-16-7-9-17(24)10-8-16)22(30)6-5-13-29(34(3,32)33)18-11-12-19(25)20(26)14-18/h7-12,14,21H,4-6,13,15H2,1-3H3,(H,27,31)/t21-/m0/s1. The van der Waals surface area contributed by atoms with Crippen molar-refractivity contribution in [1.29, 1.82) is 0 Å². The summed E-state index contributed by atoms with van der Waals surface area (Å²) in [5.74, 6) is -2.92. The third-order valence-corrected chi connectivity index (χ3v) is 6.69. The lowest BCUT2D eigenvalue weighted by Gasteiger charge is -2.30. The fraction of sp³-hybridized carbons (Fsp3) is 0.391. The van der Waals surface area contributed by atoms with Crippen LogP contribution in [0.5, 0.6) is 0 Å². The van der Waals surface area contributed by atoms with Gasteiger partial charge in [0.25, 0.3) is 0 Å². The third-order valence-electron chi connectivity index (χ3n) is 5.24. The van der Waals surface area contributed by atoms with E-state index >= 15 is 0 Å². The van der Waals surface area contributed by atoms with Crippen molar-refractivity contribution < 1.29 is 26.8 Å². The molecule has 0 spiro atoms. The normalized spacial score (nSPS) is 12.2. The Morgan fingerprint density at radius 1 is 1.09 bits per heavy atom. The van der Waals surface area contributed by atoms with Crippen LogP contribution in [0.15, 0.2) is 42.5 Å². The van der Waals surface area contributed by atoms with Gasteiger partial charge in [-0.3, -0.25) is 13.9 Å². The molecular formula is C23H28ClF2N3O4S. The highest BCUT2D eigenvalue weighted by atomic mass is 35.5. The van der Waals surface area contributed by atoms with Crippen LogP contribution in [-0.2, 0) is 26.2 Å². The largest absolute Gasteiger partial charge is 0.357 e. The van der Waals surface area contributed by atoms with E-state index in [0.717, 1.165) is 34.3 Å². The summed E-state index contributed by atoms with van der Waals surface area (Å²) in [5.41, 5.74) is 0.739. The number of halogens is 3. The second-order valence-electron chi connectivity index (χ2n) is 7.72. The van der Waals surface area contributed by atoms with E-state index in [9.17, 15) is 26.8 Å². The summed E-state index contributed by atoms with van der Waals surface area (Å²) in [4.78, 5) is 27.0. The smallest absolute Gasteiger partial charge is 0.242 e. The van der Waals surface area contributed by atoms with Gasteiger partial charge in [0.05, 0.1) is 11.9 Å². The molecule has 2 amide bonds. The maximum absolute atomic E-state index is 13.6. The Balaban J connectivity index is 2.19. The van der Waals surface area contributed by atoms with Crippen LogP contribution in [0.1, 0.15) is 31.7 Å². The first kappa shape index (κ1) is 27.5. The Bertz CT molecular complexity index is 1110. The predicted octanol–water partition coefficient (Wildman–Crippen LogP) is 3.72. The maximum atomic E-state index is 13.6. The molecule has 0 fully saturated rings. The quantitative estimate of drug-likeness (QED) is 0.494. The van der Waals surface area contributed by atoms with Gasteiger partial charge in [0.15, 0.2) is 11.6 Å². The minimum atomic E-state index is -3.81. The first-order valence-electron chi connectivity index (χ1n) is 10.7. The Morgan fingerprint density at radius 3 is 2.26 bits per heavy atom. The van der Waals surface area contributed by atoms with E-state index in [2.05, 4.69) is 5.32 Å². The zero-order valence-corrected chi connectivity index (χ0v) is 20.8. The van der Waals surface area contributed by atoms with Crippen molar-refractivity contribution >= 4 is 39.1 Å². The highest BCUT2D eigenvalue weighted by Gasteiger charge is 2.28. The van der Waals surface area contributed by atoms with Gasteiger partial charge in [-0.05, 0) is 42.7 Å². The molecule has 0 unspecified atom stereocenters. The molecule has 186 valence electrons. The van der Waals surface area contributed by atoms with E-state index in [1.165, 1.54) is 11.9 Å². The number of likely N-dealkylation sites (N-methyl/N-ethyl adjacent to an activating group) is 1. The Hall–Kier alpha value is -2.72. The first-order chi connectivity index (χ1) is 16.0. The molecular weight excluding hydrogens is 488 g/mol. The minimum Gasteiger partial charge on any atom is -0.357 e. The molecule has 0 heterocycles. The summed E-state index contributed by atoms with van der Waals surface area (Å²) in [7, 11) is -2.33. The first-order valence-corrected chi connectivity index (χ1v) is 12.9. The van der Waals surface area contributed by atoms with Crippen LogP contribution in [-0.4, -0.2) is 51.0 Å². The number of hydrogen-bond donors (Lipinski definition) is 1. The van der Waals surface area contributed by atoms with E-state index in [4.69, 9.17) is 11.6 Å². The fourth-order valence-corrected chi connectivity index (χ4v) is 4.60.